The quantitative estimate of drug-likeness (QED) is 0.599. The van der Waals surface area contributed by atoms with E-state index in [0.717, 1.165) is 44.4 Å². The van der Waals surface area contributed by atoms with E-state index in [-0.39, 0.29) is 0 Å². The molecule has 1 aliphatic rings. The summed E-state index contributed by atoms with van der Waals surface area (Å²) in [6.07, 6.45) is 10.3. The van der Waals surface area contributed by atoms with E-state index in [1.165, 1.54) is 12.0 Å². The Balaban J connectivity index is 1.61. The van der Waals surface area contributed by atoms with Crippen LogP contribution in [0, 0.1) is 11.8 Å². The molecule has 7 heteroatoms. The maximum absolute atomic E-state index is 4.88. The van der Waals surface area contributed by atoms with E-state index < -0.39 is 0 Å². The SMILES string of the molecule is CCNC(=NCc1nccn1CC(C)C)N1CCC(Cc2cnn(C)c2)C1. The van der Waals surface area contributed by atoms with E-state index >= 15 is 0 Å². The number of nitrogens with zero attached hydrogens (tertiary/aromatic N) is 6. The predicted molar refractivity (Wildman–Crippen MR) is 108 cm³/mol. The Hall–Kier alpha value is -2.31. The topological polar surface area (TPSA) is 63.3 Å². The molecule has 0 radical (unpaired) electrons. The molecule has 2 aromatic heterocycles. The monoisotopic (exact) mass is 371 g/mol. The average molecular weight is 372 g/mol. The first-order valence-corrected chi connectivity index (χ1v) is 10.1. The lowest BCUT2D eigenvalue weighted by Gasteiger charge is -2.21. The first kappa shape index (κ1) is 19.5. The number of nitrogens with one attached hydrogen (secondary N) is 1. The Labute approximate surface area is 162 Å². The van der Waals surface area contributed by atoms with Gasteiger partial charge >= 0.3 is 0 Å². The van der Waals surface area contributed by atoms with Crippen molar-refractivity contribution in [3.05, 3.63) is 36.2 Å². The summed E-state index contributed by atoms with van der Waals surface area (Å²) < 4.78 is 4.10. The van der Waals surface area contributed by atoms with Crippen LogP contribution in [-0.2, 0) is 26.6 Å². The fourth-order valence-corrected chi connectivity index (χ4v) is 3.72. The number of imidazole rings is 1. The summed E-state index contributed by atoms with van der Waals surface area (Å²) in [6, 6.07) is 0. The molecule has 2 aromatic rings. The van der Waals surface area contributed by atoms with Gasteiger partial charge in [0.2, 0.25) is 0 Å². The van der Waals surface area contributed by atoms with Crippen LogP contribution >= 0.6 is 0 Å². The minimum absolute atomic E-state index is 0.599. The van der Waals surface area contributed by atoms with Gasteiger partial charge in [0.1, 0.15) is 12.4 Å². The largest absolute Gasteiger partial charge is 0.357 e. The zero-order valence-corrected chi connectivity index (χ0v) is 17.1. The van der Waals surface area contributed by atoms with Crippen molar-refractivity contribution in [3.8, 4) is 0 Å². The molecule has 1 unspecified atom stereocenters. The van der Waals surface area contributed by atoms with Crippen LogP contribution in [0.1, 0.15) is 38.6 Å². The average Bonchev–Trinajstić information content (AvgIpc) is 3.34. The highest BCUT2D eigenvalue weighted by atomic mass is 15.3. The van der Waals surface area contributed by atoms with Gasteiger partial charge in [-0.25, -0.2) is 9.98 Å². The Kier molecular flexibility index (Phi) is 6.53. The van der Waals surface area contributed by atoms with Crippen LogP contribution in [0.2, 0.25) is 0 Å². The third kappa shape index (κ3) is 5.34. The second-order valence-electron chi connectivity index (χ2n) is 7.89. The molecule has 0 aliphatic carbocycles. The van der Waals surface area contributed by atoms with Gasteiger partial charge in [-0.2, -0.15) is 5.10 Å². The molecule has 1 fully saturated rings. The molecule has 3 rings (SSSR count). The van der Waals surface area contributed by atoms with Gasteiger partial charge in [0.05, 0.1) is 6.20 Å². The van der Waals surface area contributed by atoms with Crippen molar-refractivity contribution < 1.29 is 0 Å². The third-order valence-electron chi connectivity index (χ3n) is 4.94. The second kappa shape index (κ2) is 9.06. The molecular weight excluding hydrogens is 338 g/mol. The fraction of sp³-hybridized carbons (Fsp3) is 0.650. The Morgan fingerprint density at radius 3 is 2.96 bits per heavy atom. The number of likely N-dealkylation sites (tertiary alicyclic amines) is 1. The van der Waals surface area contributed by atoms with Crippen LogP contribution in [0.3, 0.4) is 0 Å². The van der Waals surface area contributed by atoms with Crippen LogP contribution in [-0.4, -0.2) is 49.8 Å². The number of aliphatic imine (C=N–C) groups is 1. The summed E-state index contributed by atoms with van der Waals surface area (Å²) in [5.74, 6) is 3.29. The summed E-state index contributed by atoms with van der Waals surface area (Å²) in [4.78, 5) is 11.8. The van der Waals surface area contributed by atoms with Gasteiger partial charge in [-0.15, -0.1) is 0 Å². The number of aryl methyl sites for hydroxylation is 1. The molecule has 3 heterocycles. The van der Waals surface area contributed by atoms with Gasteiger partial charge in [-0.05, 0) is 37.2 Å². The number of rotatable bonds is 7. The third-order valence-corrected chi connectivity index (χ3v) is 4.94. The summed E-state index contributed by atoms with van der Waals surface area (Å²) in [6.45, 7) is 11.2. The highest BCUT2D eigenvalue weighted by Crippen LogP contribution is 2.21. The van der Waals surface area contributed by atoms with Crippen LogP contribution in [0.5, 0.6) is 0 Å². The molecule has 0 spiro atoms. The lowest BCUT2D eigenvalue weighted by atomic mass is 10.0. The van der Waals surface area contributed by atoms with E-state index in [1.54, 1.807) is 0 Å². The van der Waals surface area contributed by atoms with Gasteiger partial charge in [0.15, 0.2) is 5.96 Å². The van der Waals surface area contributed by atoms with E-state index in [0.29, 0.717) is 18.4 Å². The van der Waals surface area contributed by atoms with Gasteiger partial charge in [-0.3, -0.25) is 4.68 Å². The molecule has 0 amide bonds. The Morgan fingerprint density at radius 1 is 1.41 bits per heavy atom. The first-order chi connectivity index (χ1) is 13.0. The Bertz CT molecular complexity index is 743. The standard InChI is InChI=1S/C20H33N7/c1-5-21-20(23-12-19-22-7-9-26(19)13-16(2)3)27-8-6-17(15-27)10-18-11-24-25(4)14-18/h7,9,11,14,16-17H,5-6,8,10,12-13,15H2,1-4H3,(H,21,23). The number of hydrogen-bond donors (Lipinski definition) is 1. The zero-order chi connectivity index (χ0) is 19.2. The van der Waals surface area contributed by atoms with Gasteiger partial charge in [-0.1, -0.05) is 13.8 Å². The predicted octanol–water partition coefficient (Wildman–Crippen LogP) is 2.30. The van der Waals surface area contributed by atoms with Crippen molar-refractivity contribution in [1.29, 1.82) is 0 Å². The zero-order valence-electron chi connectivity index (χ0n) is 17.1. The van der Waals surface area contributed by atoms with Gasteiger partial charge in [0.25, 0.3) is 0 Å². The fourth-order valence-electron chi connectivity index (χ4n) is 3.72. The lowest BCUT2D eigenvalue weighted by Crippen LogP contribution is -2.40. The highest BCUT2D eigenvalue weighted by molar-refractivity contribution is 5.80. The van der Waals surface area contributed by atoms with E-state index in [4.69, 9.17) is 4.99 Å². The van der Waals surface area contributed by atoms with Crippen molar-refractivity contribution >= 4 is 5.96 Å². The molecular formula is C20H33N7. The van der Waals surface area contributed by atoms with Gasteiger partial charge in [0, 0.05) is 51.8 Å². The second-order valence-corrected chi connectivity index (χ2v) is 7.89. The minimum atomic E-state index is 0.599. The number of guanidine groups is 1. The summed E-state index contributed by atoms with van der Waals surface area (Å²) in [5, 5.41) is 7.74. The maximum Gasteiger partial charge on any atom is 0.194 e. The summed E-state index contributed by atoms with van der Waals surface area (Å²) in [5.41, 5.74) is 1.32. The first-order valence-electron chi connectivity index (χ1n) is 10.1. The maximum atomic E-state index is 4.88. The normalized spacial score (nSPS) is 17.9. The van der Waals surface area contributed by atoms with Crippen LogP contribution < -0.4 is 5.32 Å². The summed E-state index contributed by atoms with van der Waals surface area (Å²) in [7, 11) is 1.98. The van der Waals surface area contributed by atoms with E-state index in [1.807, 2.05) is 24.1 Å². The molecule has 0 aromatic carbocycles. The highest BCUT2D eigenvalue weighted by Gasteiger charge is 2.25. The van der Waals surface area contributed by atoms with Crippen molar-refractivity contribution in [2.45, 2.75) is 46.7 Å². The molecule has 0 saturated carbocycles. The molecule has 0 bridgehead atoms. The molecule has 148 valence electrons. The molecule has 1 saturated heterocycles. The molecule has 1 atom stereocenters. The van der Waals surface area contributed by atoms with Gasteiger partial charge < -0.3 is 14.8 Å². The molecule has 1 N–H and O–H groups in total. The molecule has 27 heavy (non-hydrogen) atoms. The van der Waals surface area contributed by atoms with Crippen molar-refractivity contribution in [3.63, 3.8) is 0 Å². The van der Waals surface area contributed by atoms with Crippen molar-refractivity contribution in [1.82, 2.24) is 29.5 Å². The van der Waals surface area contributed by atoms with Crippen LogP contribution in [0.15, 0.2) is 29.8 Å². The van der Waals surface area contributed by atoms with E-state index in [9.17, 15) is 0 Å². The summed E-state index contributed by atoms with van der Waals surface area (Å²) >= 11 is 0. The van der Waals surface area contributed by atoms with Crippen molar-refractivity contribution in [2.24, 2.45) is 23.9 Å². The number of aromatic nitrogens is 4. The number of hydrogen-bond acceptors (Lipinski definition) is 3. The lowest BCUT2D eigenvalue weighted by molar-refractivity contribution is 0.458. The minimum Gasteiger partial charge on any atom is -0.357 e. The Morgan fingerprint density at radius 2 is 2.26 bits per heavy atom. The smallest absolute Gasteiger partial charge is 0.194 e. The van der Waals surface area contributed by atoms with E-state index in [2.05, 4.69) is 58.0 Å². The van der Waals surface area contributed by atoms with Crippen LogP contribution in [0.25, 0.3) is 0 Å². The van der Waals surface area contributed by atoms with Crippen molar-refractivity contribution in [2.75, 3.05) is 19.6 Å². The molecule has 7 nitrogen and oxygen atoms in total. The van der Waals surface area contributed by atoms with Crippen LogP contribution in [0.4, 0.5) is 0 Å². The molecule has 1 aliphatic heterocycles.